The summed E-state index contributed by atoms with van der Waals surface area (Å²) in [6.45, 7) is 9.32. The molecule has 1 heterocycles. The molecule has 116 valence electrons. The summed E-state index contributed by atoms with van der Waals surface area (Å²) < 4.78 is 0. The molecule has 0 radical (unpaired) electrons. The fourth-order valence-electron chi connectivity index (χ4n) is 3.92. The average molecular weight is 286 g/mol. The van der Waals surface area contributed by atoms with Gasteiger partial charge in [0, 0.05) is 30.9 Å². The highest BCUT2D eigenvalue weighted by Gasteiger charge is 2.29. The van der Waals surface area contributed by atoms with Crippen LogP contribution in [0.15, 0.2) is 18.2 Å². The first-order valence-electron chi connectivity index (χ1n) is 8.81. The van der Waals surface area contributed by atoms with E-state index in [9.17, 15) is 0 Å². The lowest BCUT2D eigenvalue weighted by atomic mass is 9.88. The Labute approximate surface area is 129 Å². The van der Waals surface area contributed by atoms with Crippen LogP contribution < -0.4 is 10.2 Å². The zero-order chi connectivity index (χ0) is 14.8. The second-order valence-electron chi connectivity index (χ2n) is 7.02. The topological polar surface area (TPSA) is 15.3 Å². The van der Waals surface area contributed by atoms with Gasteiger partial charge in [0.05, 0.1) is 0 Å². The van der Waals surface area contributed by atoms with Crippen molar-refractivity contribution in [2.45, 2.75) is 65.0 Å². The first-order chi connectivity index (χ1) is 10.2. The minimum Gasteiger partial charge on any atom is -0.366 e. The van der Waals surface area contributed by atoms with Gasteiger partial charge in [0.15, 0.2) is 0 Å². The van der Waals surface area contributed by atoms with Crippen LogP contribution in [0.1, 0.15) is 51.2 Å². The molecule has 1 saturated heterocycles. The van der Waals surface area contributed by atoms with Crippen molar-refractivity contribution < 1.29 is 0 Å². The van der Waals surface area contributed by atoms with E-state index >= 15 is 0 Å². The highest BCUT2D eigenvalue weighted by Crippen LogP contribution is 2.32. The van der Waals surface area contributed by atoms with E-state index in [4.69, 9.17) is 0 Å². The summed E-state index contributed by atoms with van der Waals surface area (Å²) in [6.07, 6.45) is 6.53. The first-order valence-corrected chi connectivity index (χ1v) is 8.81. The van der Waals surface area contributed by atoms with E-state index in [2.05, 4.69) is 49.2 Å². The lowest BCUT2D eigenvalue weighted by Crippen LogP contribution is -2.57. The third kappa shape index (κ3) is 2.96. The maximum atomic E-state index is 3.76. The molecule has 0 spiro atoms. The summed E-state index contributed by atoms with van der Waals surface area (Å²) in [5.41, 5.74) is 4.76. The molecule has 21 heavy (non-hydrogen) atoms. The van der Waals surface area contributed by atoms with Crippen LogP contribution in [0.2, 0.25) is 0 Å². The van der Waals surface area contributed by atoms with Crippen LogP contribution in [0.3, 0.4) is 0 Å². The molecule has 1 aromatic rings. The van der Waals surface area contributed by atoms with Crippen molar-refractivity contribution >= 4 is 5.69 Å². The summed E-state index contributed by atoms with van der Waals surface area (Å²) in [4.78, 5) is 2.68. The lowest BCUT2D eigenvalue weighted by molar-refractivity contribution is 0.315. The molecule has 2 aliphatic rings. The number of hydrogen-bond donors (Lipinski definition) is 1. The minimum absolute atomic E-state index is 0.596. The van der Waals surface area contributed by atoms with Crippen LogP contribution >= 0.6 is 0 Å². The smallest absolute Gasteiger partial charge is 0.0404 e. The van der Waals surface area contributed by atoms with Crippen LogP contribution in [0.4, 0.5) is 5.69 Å². The minimum atomic E-state index is 0.596. The maximum Gasteiger partial charge on any atom is 0.0404 e. The predicted molar refractivity (Wildman–Crippen MR) is 91.1 cm³/mol. The van der Waals surface area contributed by atoms with Crippen LogP contribution in [0, 0.1) is 5.92 Å². The van der Waals surface area contributed by atoms with Gasteiger partial charge in [-0.05, 0) is 55.7 Å². The summed E-state index contributed by atoms with van der Waals surface area (Å²) in [5.74, 6) is 0.750. The van der Waals surface area contributed by atoms with Crippen LogP contribution in [-0.4, -0.2) is 25.2 Å². The van der Waals surface area contributed by atoms with E-state index in [1.54, 1.807) is 11.1 Å². The van der Waals surface area contributed by atoms with Gasteiger partial charge >= 0.3 is 0 Å². The third-order valence-corrected chi connectivity index (χ3v) is 5.61. The molecule has 3 atom stereocenters. The Morgan fingerprint density at radius 3 is 2.90 bits per heavy atom. The Balaban J connectivity index is 1.87. The number of rotatable bonds is 3. The SMILES string of the molecule is CCC(C)C1CN(c2cccc3c2CCCC3)C(C)CN1. The van der Waals surface area contributed by atoms with Crippen molar-refractivity contribution in [3.63, 3.8) is 0 Å². The van der Waals surface area contributed by atoms with Gasteiger partial charge in [-0.2, -0.15) is 0 Å². The van der Waals surface area contributed by atoms with Crippen molar-refractivity contribution in [3.05, 3.63) is 29.3 Å². The number of nitrogens with zero attached hydrogens (tertiary/aromatic N) is 1. The molecular weight excluding hydrogens is 256 g/mol. The van der Waals surface area contributed by atoms with Gasteiger partial charge in [0.2, 0.25) is 0 Å². The largest absolute Gasteiger partial charge is 0.366 e. The number of piperazine rings is 1. The number of benzene rings is 1. The molecular formula is C19H30N2. The fraction of sp³-hybridized carbons (Fsp3) is 0.684. The maximum absolute atomic E-state index is 3.76. The molecule has 1 aliphatic carbocycles. The second-order valence-corrected chi connectivity index (χ2v) is 7.02. The number of nitrogens with one attached hydrogen (secondary N) is 1. The van der Waals surface area contributed by atoms with Crippen molar-refractivity contribution in [2.75, 3.05) is 18.0 Å². The normalized spacial score (nSPS) is 27.3. The quantitative estimate of drug-likeness (QED) is 0.909. The number of hydrogen-bond acceptors (Lipinski definition) is 2. The van der Waals surface area contributed by atoms with Crippen LogP contribution in [0.5, 0.6) is 0 Å². The Hall–Kier alpha value is -1.02. The van der Waals surface area contributed by atoms with Gasteiger partial charge in [-0.1, -0.05) is 32.4 Å². The zero-order valence-electron chi connectivity index (χ0n) is 13.9. The third-order valence-electron chi connectivity index (χ3n) is 5.61. The zero-order valence-corrected chi connectivity index (χ0v) is 13.9. The molecule has 0 bridgehead atoms. The predicted octanol–water partition coefficient (Wildman–Crippen LogP) is 3.78. The molecule has 1 aromatic carbocycles. The van der Waals surface area contributed by atoms with Gasteiger partial charge in [-0.25, -0.2) is 0 Å². The molecule has 3 rings (SSSR count). The van der Waals surface area contributed by atoms with E-state index in [0.29, 0.717) is 12.1 Å². The fourth-order valence-corrected chi connectivity index (χ4v) is 3.92. The molecule has 2 nitrogen and oxygen atoms in total. The monoisotopic (exact) mass is 286 g/mol. The van der Waals surface area contributed by atoms with Crippen molar-refractivity contribution in [3.8, 4) is 0 Å². The summed E-state index contributed by atoms with van der Waals surface area (Å²) in [6, 6.07) is 8.20. The van der Waals surface area contributed by atoms with E-state index < -0.39 is 0 Å². The van der Waals surface area contributed by atoms with E-state index in [0.717, 1.165) is 19.0 Å². The summed E-state index contributed by atoms with van der Waals surface area (Å²) in [7, 11) is 0. The van der Waals surface area contributed by atoms with E-state index in [1.165, 1.54) is 37.8 Å². The molecule has 1 fully saturated rings. The highest BCUT2D eigenvalue weighted by molar-refractivity contribution is 5.59. The van der Waals surface area contributed by atoms with Crippen LogP contribution in [-0.2, 0) is 12.8 Å². The highest BCUT2D eigenvalue weighted by atomic mass is 15.2. The van der Waals surface area contributed by atoms with Crippen molar-refractivity contribution in [2.24, 2.45) is 5.92 Å². The number of aryl methyl sites for hydroxylation is 1. The summed E-state index contributed by atoms with van der Waals surface area (Å²) in [5, 5.41) is 3.76. The average Bonchev–Trinajstić information content (AvgIpc) is 2.54. The number of fused-ring (bicyclic) bond motifs is 1. The Morgan fingerprint density at radius 2 is 2.10 bits per heavy atom. The molecule has 0 aromatic heterocycles. The Bertz CT molecular complexity index is 482. The second kappa shape index (κ2) is 6.39. The molecule has 1 aliphatic heterocycles. The molecule has 0 saturated carbocycles. The van der Waals surface area contributed by atoms with Gasteiger partial charge in [-0.3, -0.25) is 0 Å². The van der Waals surface area contributed by atoms with Crippen LogP contribution in [0.25, 0.3) is 0 Å². The van der Waals surface area contributed by atoms with Gasteiger partial charge in [-0.15, -0.1) is 0 Å². The lowest BCUT2D eigenvalue weighted by Gasteiger charge is -2.43. The number of anilines is 1. The van der Waals surface area contributed by atoms with Crippen molar-refractivity contribution in [1.82, 2.24) is 5.32 Å². The molecule has 0 amide bonds. The van der Waals surface area contributed by atoms with Crippen molar-refractivity contribution in [1.29, 1.82) is 0 Å². The first kappa shape index (κ1) is 14.9. The van der Waals surface area contributed by atoms with Gasteiger partial charge in [0.25, 0.3) is 0 Å². The van der Waals surface area contributed by atoms with Gasteiger partial charge < -0.3 is 10.2 Å². The van der Waals surface area contributed by atoms with Gasteiger partial charge in [0.1, 0.15) is 0 Å². The molecule has 2 heteroatoms. The summed E-state index contributed by atoms with van der Waals surface area (Å²) >= 11 is 0. The Kier molecular flexibility index (Phi) is 4.54. The Morgan fingerprint density at radius 1 is 1.29 bits per heavy atom. The standard InChI is InChI=1S/C19H30N2/c1-4-14(2)18-13-21(15(3)12-20-18)19-11-7-9-16-8-5-6-10-17(16)19/h7,9,11,14-15,18,20H,4-6,8,10,12-13H2,1-3H3. The van der Waals surface area contributed by atoms with E-state index in [-0.39, 0.29) is 0 Å². The molecule has 1 N–H and O–H groups in total. The van der Waals surface area contributed by atoms with E-state index in [1.807, 2.05) is 0 Å². The molecule has 3 unspecified atom stereocenters.